The largest absolute Gasteiger partial charge is 0.299 e. The van der Waals surface area contributed by atoms with Crippen molar-refractivity contribution < 1.29 is 4.79 Å². The summed E-state index contributed by atoms with van der Waals surface area (Å²) in [6, 6.07) is 0. The van der Waals surface area contributed by atoms with Crippen molar-refractivity contribution >= 4 is 5.78 Å². The van der Waals surface area contributed by atoms with Crippen LogP contribution in [0.5, 0.6) is 0 Å². The Morgan fingerprint density at radius 1 is 1.44 bits per heavy atom. The summed E-state index contributed by atoms with van der Waals surface area (Å²) in [5.41, 5.74) is 0. The van der Waals surface area contributed by atoms with E-state index in [0.717, 1.165) is 5.92 Å². The minimum Gasteiger partial charge on any atom is -0.299 e. The molecule has 0 N–H and O–H groups in total. The molecule has 1 heteroatoms. The van der Waals surface area contributed by atoms with Crippen LogP contribution in [0, 0.1) is 17.8 Å². The molecule has 1 nitrogen and oxygen atoms in total. The maximum atomic E-state index is 11.2. The van der Waals surface area contributed by atoms with Crippen molar-refractivity contribution in [2.45, 2.75) is 26.2 Å². The Hall–Kier alpha value is -0.330. The highest BCUT2D eigenvalue weighted by atomic mass is 16.1. The molecule has 3 atom stereocenters. The lowest BCUT2D eigenvalue weighted by Gasteiger charge is -2.14. The predicted molar refractivity (Wildman–Crippen MR) is 35.0 cm³/mol. The van der Waals surface area contributed by atoms with Gasteiger partial charge in [-0.05, 0) is 25.2 Å². The van der Waals surface area contributed by atoms with Crippen LogP contribution in [0.3, 0.4) is 0 Å². The maximum Gasteiger partial charge on any atom is 0.139 e. The number of carbonyl (C=O) groups excluding carboxylic acids is 1. The Morgan fingerprint density at radius 3 is 2.56 bits per heavy atom. The summed E-state index contributed by atoms with van der Waals surface area (Å²) >= 11 is 0. The molecule has 2 saturated carbocycles. The van der Waals surface area contributed by atoms with Crippen molar-refractivity contribution in [1.29, 1.82) is 0 Å². The van der Waals surface area contributed by atoms with Gasteiger partial charge in [-0.1, -0.05) is 6.92 Å². The molecule has 0 aromatic carbocycles. The van der Waals surface area contributed by atoms with E-state index in [9.17, 15) is 4.79 Å². The molecule has 0 aromatic rings. The van der Waals surface area contributed by atoms with E-state index in [2.05, 4.69) is 6.92 Å². The molecule has 3 unspecified atom stereocenters. The lowest BCUT2D eigenvalue weighted by atomic mass is 9.89. The number of fused-ring (bicyclic) bond motifs is 2. The molecule has 9 heavy (non-hydrogen) atoms. The van der Waals surface area contributed by atoms with Gasteiger partial charge in [0.2, 0.25) is 0 Å². The van der Waals surface area contributed by atoms with Crippen molar-refractivity contribution in [2.24, 2.45) is 17.8 Å². The molecule has 2 aliphatic carbocycles. The van der Waals surface area contributed by atoms with E-state index in [0.29, 0.717) is 17.6 Å². The third-order valence-corrected chi connectivity index (χ3v) is 3.03. The van der Waals surface area contributed by atoms with Crippen LogP contribution in [-0.2, 0) is 4.79 Å². The zero-order chi connectivity index (χ0) is 6.43. The van der Waals surface area contributed by atoms with Crippen molar-refractivity contribution in [3.63, 3.8) is 0 Å². The summed E-state index contributed by atoms with van der Waals surface area (Å²) in [5, 5.41) is 0. The molecule has 0 radical (unpaired) electrons. The van der Waals surface area contributed by atoms with E-state index >= 15 is 0 Å². The first-order valence-electron chi connectivity index (χ1n) is 3.83. The zero-order valence-electron chi connectivity index (χ0n) is 5.76. The van der Waals surface area contributed by atoms with E-state index in [-0.39, 0.29) is 0 Å². The van der Waals surface area contributed by atoms with Crippen molar-refractivity contribution in [1.82, 2.24) is 0 Å². The third kappa shape index (κ3) is 0.577. The third-order valence-electron chi connectivity index (χ3n) is 3.03. The number of ketones is 1. The van der Waals surface area contributed by atoms with Gasteiger partial charge in [-0.3, -0.25) is 4.79 Å². The van der Waals surface area contributed by atoms with Crippen LogP contribution in [0.4, 0.5) is 0 Å². The minimum absolute atomic E-state index is 0.406. The van der Waals surface area contributed by atoms with Gasteiger partial charge in [0, 0.05) is 11.8 Å². The van der Waals surface area contributed by atoms with Gasteiger partial charge in [-0.25, -0.2) is 0 Å². The number of hydrogen-bond donors (Lipinski definition) is 0. The standard InChI is InChI=1S/C8H12O/c1-5-6-2-3-7(4-6)8(5)9/h5-7H,2-4H2,1H3. The van der Waals surface area contributed by atoms with Crippen LogP contribution in [0.1, 0.15) is 26.2 Å². The summed E-state index contributed by atoms with van der Waals surface area (Å²) in [7, 11) is 0. The van der Waals surface area contributed by atoms with Gasteiger partial charge in [0.15, 0.2) is 0 Å². The fourth-order valence-corrected chi connectivity index (χ4v) is 2.33. The predicted octanol–water partition coefficient (Wildman–Crippen LogP) is 1.62. The second kappa shape index (κ2) is 1.59. The van der Waals surface area contributed by atoms with Gasteiger partial charge in [0.05, 0.1) is 0 Å². The van der Waals surface area contributed by atoms with E-state index in [1.54, 1.807) is 0 Å². The summed E-state index contributed by atoms with van der Waals surface area (Å²) in [5.74, 6) is 2.20. The van der Waals surface area contributed by atoms with E-state index in [4.69, 9.17) is 0 Å². The molecule has 0 heterocycles. The molecule has 0 spiro atoms. The van der Waals surface area contributed by atoms with Gasteiger partial charge in [-0.2, -0.15) is 0 Å². The van der Waals surface area contributed by atoms with E-state index in [1.165, 1.54) is 19.3 Å². The quantitative estimate of drug-likeness (QED) is 0.479. The Kier molecular flexibility index (Phi) is 0.961. The summed E-state index contributed by atoms with van der Waals surface area (Å²) in [4.78, 5) is 11.2. The molecule has 50 valence electrons. The van der Waals surface area contributed by atoms with E-state index < -0.39 is 0 Å². The Morgan fingerprint density at radius 2 is 2.22 bits per heavy atom. The summed E-state index contributed by atoms with van der Waals surface area (Å²) in [6.45, 7) is 2.09. The van der Waals surface area contributed by atoms with Crippen LogP contribution < -0.4 is 0 Å². The second-order valence-electron chi connectivity index (χ2n) is 3.46. The molecular formula is C8H12O. The van der Waals surface area contributed by atoms with Crippen molar-refractivity contribution in [2.75, 3.05) is 0 Å². The van der Waals surface area contributed by atoms with Gasteiger partial charge in [0.1, 0.15) is 5.78 Å². The Labute approximate surface area is 55.4 Å². The molecule has 0 aliphatic heterocycles. The Balaban J connectivity index is 2.25. The number of carbonyl (C=O) groups is 1. The van der Waals surface area contributed by atoms with Crippen LogP contribution in [0.2, 0.25) is 0 Å². The molecular weight excluding hydrogens is 112 g/mol. The highest BCUT2D eigenvalue weighted by Crippen LogP contribution is 2.45. The number of hydrogen-bond acceptors (Lipinski definition) is 1. The van der Waals surface area contributed by atoms with E-state index in [1.807, 2.05) is 0 Å². The topological polar surface area (TPSA) is 17.1 Å². The number of Topliss-reactive ketones (excluding diaryl/α,β-unsaturated/α-hetero) is 1. The van der Waals surface area contributed by atoms with Gasteiger partial charge < -0.3 is 0 Å². The van der Waals surface area contributed by atoms with Gasteiger partial charge >= 0.3 is 0 Å². The summed E-state index contributed by atoms with van der Waals surface area (Å²) in [6.07, 6.45) is 3.71. The number of rotatable bonds is 0. The lowest BCUT2D eigenvalue weighted by Crippen LogP contribution is -2.18. The highest BCUT2D eigenvalue weighted by molar-refractivity contribution is 5.86. The molecule has 0 amide bonds. The average molecular weight is 124 g/mol. The molecule has 2 rings (SSSR count). The average Bonchev–Trinajstić information content (AvgIpc) is 2.37. The summed E-state index contributed by atoms with van der Waals surface area (Å²) < 4.78 is 0. The fourth-order valence-electron chi connectivity index (χ4n) is 2.33. The minimum atomic E-state index is 0.406. The maximum absolute atomic E-state index is 11.2. The fraction of sp³-hybridized carbons (Fsp3) is 0.875. The van der Waals surface area contributed by atoms with Crippen LogP contribution in [0.15, 0.2) is 0 Å². The monoisotopic (exact) mass is 124 g/mol. The molecule has 2 bridgehead atoms. The SMILES string of the molecule is CC1C(=O)C2CCC1C2. The van der Waals surface area contributed by atoms with Crippen molar-refractivity contribution in [3.05, 3.63) is 0 Å². The molecule has 2 aliphatic rings. The smallest absolute Gasteiger partial charge is 0.139 e. The van der Waals surface area contributed by atoms with Gasteiger partial charge in [-0.15, -0.1) is 0 Å². The molecule has 0 saturated heterocycles. The van der Waals surface area contributed by atoms with Crippen molar-refractivity contribution in [3.8, 4) is 0 Å². The first-order chi connectivity index (χ1) is 4.29. The van der Waals surface area contributed by atoms with Crippen LogP contribution in [-0.4, -0.2) is 5.78 Å². The first-order valence-corrected chi connectivity index (χ1v) is 3.83. The lowest BCUT2D eigenvalue weighted by molar-refractivity contribution is -0.125. The second-order valence-corrected chi connectivity index (χ2v) is 3.46. The Bertz CT molecular complexity index is 147. The molecule has 0 aromatic heterocycles. The molecule has 2 fully saturated rings. The van der Waals surface area contributed by atoms with Crippen LogP contribution >= 0.6 is 0 Å². The normalized spacial score (nSPS) is 48.6. The van der Waals surface area contributed by atoms with Gasteiger partial charge in [0.25, 0.3) is 0 Å². The first kappa shape index (κ1) is 5.45. The highest BCUT2D eigenvalue weighted by Gasteiger charge is 2.43. The van der Waals surface area contributed by atoms with Crippen LogP contribution in [0.25, 0.3) is 0 Å². The zero-order valence-corrected chi connectivity index (χ0v) is 5.76.